The van der Waals surface area contributed by atoms with Crippen molar-refractivity contribution >= 4 is 23.1 Å². The molecule has 0 amide bonds. The molecule has 1 fully saturated rings. The summed E-state index contributed by atoms with van der Waals surface area (Å²) >= 11 is 1.75. The highest BCUT2D eigenvalue weighted by Crippen LogP contribution is 2.18. The maximum absolute atomic E-state index is 4.70. The number of nitrogens with zero attached hydrogens (tertiary/aromatic N) is 3. The zero-order valence-corrected chi connectivity index (χ0v) is 15.0. The third-order valence-corrected chi connectivity index (χ3v) is 4.89. The highest BCUT2D eigenvalue weighted by atomic mass is 32.1. The van der Waals surface area contributed by atoms with Crippen LogP contribution < -0.4 is 15.5 Å². The van der Waals surface area contributed by atoms with Crippen LogP contribution in [0.4, 0.5) is 5.82 Å². The van der Waals surface area contributed by atoms with Gasteiger partial charge in [-0.1, -0.05) is 6.07 Å². The molecule has 24 heavy (non-hydrogen) atoms. The molecular formula is C18H25N5S. The molecule has 1 aliphatic heterocycles. The number of hydrogen-bond donors (Lipinski definition) is 2. The molecule has 0 atom stereocenters. The molecule has 5 nitrogen and oxygen atoms in total. The largest absolute Gasteiger partial charge is 0.357 e. The Balaban J connectivity index is 1.61. The SMILES string of the molecule is CCNC(=NCc1ccnc(N2CCCC2)c1)NCc1cccs1. The molecule has 0 radical (unpaired) electrons. The normalized spacial score (nSPS) is 14.9. The maximum Gasteiger partial charge on any atom is 0.191 e. The third kappa shape index (κ3) is 4.71. The molecule has 128 valence electrons. The molecule has 2 aromatic rings. The first-order chi connectivity index (χ1) is 11.8. The molecule has 6 heteroatoms. The van der Waals surface area contributed by atoms with Crippen LogP contribution in [0.15, 0.2) is 40.8 Å². The number of anilines is 1. The molecule has 0 unspecified atom stereocenters. The van der Waals surface area contributed by atoms with Crippen LogP contribution in [0.3, 0.4) is 0 Å². The van der Waals surface area contributed by atoms with E-state index in [4.69, 9.17) is 4.99 Å². The van der Waals surface area contributed by atoms with Gasteiger partial charge in [-0.2, -0.15) is 0 Å². The molecular weight excluding hydrogens is 318 g/mol. The van der Waals surface area contributed by atoms with E-state index in [2.05, 4.69) is 51.0 Å². The highest BCUT2D eigenvalue weighted by molar-refractivity contribution is 7.09. The lowest BCUT2D eigenvalue weighted by atomic mass is 10.2. The Morgan fingerprint density at radius 2 is 2.17 bits per heavy atom. The quantitative estimate of drug-likeness (QED) is 0.625. The molecule has 2 N–H and O–H groups in total. The van der Waals surface area contributed by atoms with Gasteiger partial charge in [0.1, 0.15) is 5.82 Å². The molecule has 1 saturated heterocycles. The number of nitrogens with one attached hydrogen (secondary N) is 2. The number of guanidine groups is 1. The average molecular weight is 344 g/mol. The second-order valence-corrected chi connectivity index (χ2v) is 6.88. The summed E-state index contributed by atoms with van der Waals surface area (Å²) < 4.78 is 0. The van der Waals surface area contributed by atoms with Crippen molar-refractivity contribution in [2.45, 2.75) is 32.9 Å². The summed E-state index contributed by atoms with van der Waals surface area (Å²) in [6.07, 6.45) is 4.42. The average Bonchev–Trinajstić information content (AvgIpc) is 3.31. The number of thiophene rings is 1. The monoisotopic (exact) mass is 343 g/mol. The first-order valence-electron chi connectivity index (χ1n) is 8.59. The van der Waals surface area contributed by atoms with Crippen molar-refractivity contribution in [2.75, 3.05) is 24.5 Å². The lowest BCUT2D eigenvalue weighted by Crippen LogP contribution is -2.36. The molecule has 0 aromatic carbocycles. The lowest BCUT2D eigenvalue weighted by Gasteiger charge is -2.16. The molecule has 0 aliphatic carbocycles. The van der Waals surface area contributed by atoms with Crippen LogP contribution in [0.5, 0.6) is 0 Å². The van der Waals surface area contributed by atoms with Crippen molar-refractivity contribution in [2.24, 2.45) is 4.99 Å². The molecule has 1 aliphatic rings. The maximum atomic E-state index is 4.70. The van der Waals surface area contributed by atoms with Crippen LogP contribution in [-0.2, 0) is 13.1 Å². The van der Waals surface area contributed by atoms with Crippen molar-refractivity contribution in [3.05, 3.63) is 46.3 Å². The summed E-state index contributed by atoms with van der Waals surface area (Å²) in [5, 5.41) is 8.78. The Hall–Kier alpha value is -2.08. The van der Waals surface area contributed by atoms with E-state index >= 15 is 0 Å². The zero-order chi connectivity index (χ0) is 16.6. The van der Waals surface area contributed by atoms with Crippen molar-refractivity contribution in [1.29, 1.82) is 0 Å². The first kappa shape index (κ1) is 16.8. The predicted octanol–water partition coefficient (Wildman–Crippen LogP) is 3.00. The number of rotatable bonds is 6. The molecule has 2 aromatic heterocycles. The van der Waals surface area contributed by atoms with Gasteiger partial charge in [0, 0.05) is 30.7 Å². The minimum absolute atomic E-state index is 0.656. The number of aromatic nitrogens is 1. The molecule has 3 heterocycles. The van der Waals surface area contributed by atoms with E-state index in [1.54, 1.807) is 11.3 Å². The number of hydrogen-bond acceptors (Lipinski definition) is 4. The molecule has 0 spiro atoms. The summed E-state index contributed by atoms with van der Waals surface area (Å²) in [6.45, 7) is 6.63. The fraction of sp³-hybridized carbons (Fsp3) is 0.444. The summed E-state index contributed by atoms with van der Waals surface area (Å²) in [7, 11) is 0. The van der Waals surface area contributed by atoms with Crippen LogP contribution in [0, 0.1) is 0 Å². The van der Waals surface area contributed by atoms with Gasteiger partial charge in [0.2, 0.25) is 0 Å². The van der Waals surface area contributed by atoms with E-state index in [9.17, 15) is 0 Å². The van der Waals surface area contributed by atoms with E-state index in [1.165, 1.54) is 23.3 Å². The Kier molecular flexibility index (Phi) is 6.07. The fourth-order valence-corrected chi connectivity index (χ4v) is 3.42. The van der Waals surface area contributed by atoms with Gasteiger partial charge in [0.25, 0.3) is 0 Å². The van der Waals surface area contributed by atoms with Gasteiger partial charge in [-0.05, 0) is 48.9 Å². The second kappa shape index (κ2) is 8.68. The minimum atomic E-state index is 0.656. The Morgan fingerprint density at radius 3 is 2.92 bits per heavy atom. The fourth-order valence-electron chi connectivity index (χ4n) is 2.77. The summed E-state index contributed by atoms with van der Waals surface area (Å²) in [5.74, 6) is 1.93. The van der Waals surface area contributed by atoms with Crippen molar-refractivity contribution in [3.63, 3.8) is 0 Å². The van der Waals surface area contributed by atoms with E-state index in [0.717, 1.165) is 38.0 Å². The lowest BCUT2D eigenvalue weighted by molar-refractivity contribution is 0.822. The number of aliphatic imine (C=N–C) groups is 1. The minimum Gasteiger partial charge on any atom is -0.357 e. The Labute approximate surface area is 147 Å². The van der Waals surface area contributed by atoms with Gasteiger partial charge in [0.15, 0.2) is 5.96 Å². The van der Waals surface area contributed by atoms with Gasteiger partial charge in [-0.3, -0.25) is 0 Å². The van der Waals surface area contributed by atoms with E-state index in [0.29, 0.717) is 6.54 Å². The zero-order valence-electron chi connectivity index (χ0n) is 14.2. The van der Waals surface area contributed by atoms with Crippen molar-refractivity contribution in [1.82, 2.24) is 15.6 Å². The van der Waals surface area contributed by atoms with Gasteiger partial charge in [0.05, 0.1) is 13.1 Å². The van der Waals surface area contributed by atoms with E-state index in [1.807, 2.05) is 12.3 Å². The summed E-state index contributed by atoms with van der Waals surface area (Å²) in [5.41, 5.74) is 1.19. The van der Waals surface area contributed by atoms with Gasteiger partial charge in [-0.15, -0.1) is 11.3 Å². The first-order valence-corrected chi connectivity index (χ1v) is 9.47. The summed E-state index contributed by atoms with van der Waals surface area (Å²) in [6, 6.07) is 8.42. The van der Waals surface area contributed by atoms with Crippen LogP contribution in [0.2, 0.25) is 0 Å². The van der Waals surface area contributed by atoms with Crippen molar-refractivity contribution in [3.8, 4) is 0 Å². The summed E-state index contributed by atoms with van der Waals surface area (Å²) in [4.78, 5) is 12.9. The smallest absolute Gasteiger partial charge is 0.191 e. The molecule has 0 bridgehead atoms. The Bertz CT molecular complexity index is 647. The van der Waals surface area contributed by atoms with Crippen molar-refractivity contribution < 1.29 is 0 Å². The standard InChI is InChI=1S/C18H25N5S/c1-2-19-18(22-14-16-6-5-11-24-16)21-13-15-7-8-20-17(12-15)23-9-3-4-10-23/h5-8,11-12H,2-4,9-10,13-14H2,1H3,(H2,19,21,22). The topological polar surface area (TPSA) is 52.6 Å². The van der Waals surface area contributed by atoms with E-state index < -0.39 is 0 Å². The molecule has 3 rings (SSSR count). The molecule has 0 saturated carbocycles. The van der Waals surface area contributed by atoms with Gasteiger partial charge < -0.3 is 15.5 Å². The van der Waals surface area contributed by atoms with Gasteiger partial charge >= 0.3 is 0 Å². The third-order valence-electron chi connectivity index (χ3n) is 4.01. The van der Waals surface area contributed by atoms with Crippen LogP contribution >= 0.6 is 11.3 Å². The second-order valence-electron chi connectivity index (χ2n) is 5.84. The number of pyridine rings is 1. The van der Waals surface area contributed by atoms with Gasteiger partial charge in [-0.25, -0.2) is 9.98 Å². The van der Waals surface area contributed by atoms with E-state index in [-0.39, 0.29) is 0 Å². The Morgan fingerprint density at radius 1 is 1.29 bits per heavy atom. The highest BCUT2D eigenvalue weighted by Gasteiger charge is 2.13. The predicted molar refractivity (Wildman–Crippen MR) is 102 cm³/mol. The van der Waals surface area contributed by atoms with Crippen LogP contribution in [0.25, 0.3) is 0 Å². The van der Waals surface area contributed by atoms with Crippen LogP contribution in [-0.4, -0.2) is 30.6 Å². The van der Waals surface area contributed by atoms with Crippen LogP contribution in [0.1, 0.15) is 30.2 Å².